The first-order valence-electron chi connectivity index (χ1n) is 8.38. The molecule has 2 aromatic rings. The minimum absolute atomic E-state index is 0.110. The van der Waals surface area contributed by atoms with Crippen LogP contribution in [0.1, 0.15) is 37.5 Å². The number of benzene rings is 2. The first kappa shape index (κ1) is 16.3. The third kappa shape index (κ3) is 3.85. The van der Waals surface area contributed by atoms with Crippen molar-refractivity contribution in [3.8, 4) is 0 Å². The lowest BCUT2D eigenvalue weighted by Crippen LogP contribution is -2.10. The molecule has 0 bridgehead atoms. The quantitative estimate of drug-likeness (QED) is 0.811. The fourth-order valence-corrected chi connectivity index (χ4v) is 2.83. The molecular formula is C21H24N2O. The Morgan fingerprint density at radius 1 is 1.12 bits per heavy atom. The zero-order valence-electron chi connectivity index (χ0n) is 14.5. The molecule has 0 aromatic heterocycles. The predicted molar refractivity (Wildman–Crippen MR) is 101 cm³/mol. The number of anilines is 2. The minimum atomic E-state index is -0.110. The molecule has 0 saturated heterocycles. The standard InChI is InChI=1S/C21H24N2O/c1-21(2,3)17-7-4-15(5-8-17)6-11-20(24)23-18-9-10-19-16(14-18)12-13-22-19/h4-11,14,22H,12-13H2,1-3H3,(H,23,24)/b11-6+. The molecule has 0 atom stereocenters. The third-order valence-corrected chi connectivity index (χ3v) is 4.29. The molecule has 1 aliphatic heterocycles. The highest BCUT2D eigenvalue weighted by molar-refractivity contribution is 6.02. The highest BCUT2D eigenvalue weighted by Crippen LogP contribution is 2.25. The summed E-state index contributed by atoms with van der Waals surface area (Å²) in [5, 5.41) is 6.24. The molecule has 124 valence electrons. The van der Waals surface area contributed by atoms with E-state index in [1.165, 1.54) is 16.8 Å². The number of fused-ring (bicyclic) bond motifs is 1. The first-order valence-corrected chi connectivity index (χ1v) is 8.38. The van der Waals surface area contributed by atoms with Gasteiger partial charge in [-0.1, -0.05) is 45.0 Å². The van der Waals surface area contributed by atoms with Crippen molar-refractivity contribution in [2.75, 3.05) is 17.2 Å². The molecule has 0 spiro atoms. The van der Waals surface area contributed by atoms with E-state index in [0.717, 1.165) is 24.2 Å². The van der Waals surface area contributed by atoms with Gasteiger partial charge in [-0.05, 0) is 52.8 Å². The Balaban J connectivity index is 1.63. The maximum Gasteiger partial charge on any atom is 0.248 e. The molecule has 0 fully saturated rings. The highest BCUT2D eigenvalue weighted by atomic mass is 16.1. The Hall–Kier alpha value is -2.55. The summed E-state index contributed by atoms with van der Waals surface area (Å²) < 4.78 is 0. The van der Waals surface area contributed by atoms with Gasteiger partial charge in [-0.15, -0.1) is 0 Å². The summed E-state index contributed by atoms with van der Waals surface area (Å²) >= 11 is 0. The van der Waals surface area contributed by atoms with Crippen molar-refractivity contribution in [3.63, 3.8) is 0 Å². The van der Waals surface area contributed by atoms with Crippen LogP contribution >= 0.6 is 0 Å². The maximum atomic E-state index is 12.1. The molecule has 1 aliphatic rings. The van der Waals surface area contributed by atoms with Gasteiger partial charge >= 0.3 is 0 Å². The zero-order chi connectivity index (χ0) is 17.2. The van der Waals surface area contributed by atoms with Crippen molar-refractivity contribution in [2.45, 2.75) is 32.6 Å². The molecular weight excluding hydrogens is 296 g/mol. The predicted octanol–water partition coefficient (Wildman–Crippen LogP) is 4.60. The van der Waals surface area contributed by atoms with Crippen molar-refractivity contribution >= 4 is 23.4 Å². The summed E-state index contributed by atoms with van der Waals surface area (Å²) in [4.78, 5) is 12.1. The van der Waals surface area contributed by atoms with Gasteiger partial charge in [0.2, 0.25) is 5.91 Å². The molecule has 2 aromatic carbocycles. The van der Waals surface area contributed by atoms with E-state index in [1.807, 2.05) is 36.4 Å². The van der Waals surface area contributed by atoms with E-state index >= 15 is 0 Å². The van der Waals surface area contributed by atoms with Gasteiger partial charge < -0.3 is 10.6 Å². The number of carbonyl (C=O) groups is 1. The SMILES string of the molecule is CC(C)(C)c1ccc(/C=C/C(=O)Nc2ccc3c(c2)CCN3)cc1. The van der Waals surface area contributed by atoms with E-state index in [-0.39, 0.29) is 11.3 Å². The largest absolute Gasteiger partial charge is 0.384 e. The van der Waals surface area contributed by atoms with Gasteiger partial charge in [0.25, 0.3) is 0 Å². The maximum absolute atomic E-state index is 12.1. The van der Waals surface area contributed by atoms with E-state index in [4.69, 9.17) is 0 Å². The number of hydrogen-bond donors (Lipinski definition) is 2. The molecule has 3 heteroatoms. The molecule has 3 rings (SSSR count). The lowest BCUT2D eigenvalue weighted by atomic mass is 9.87. The van der Waals surface area contributed by atoms with Crippen LogP contribution in [0.2, 0.25) is 0 Å². The molecule has 0 aliphatic carbocycles. The fourth-order valence-electron chi connectivity index (χ4n) is 2.83. The average molecular weight is 320 g/mol. The average Bonchev–Trinajstić information content (AvgIpc) is 3.00. The van der Waals surface area contributed by atoms with E-state index < -0.39 is 0 Å². The molecule has 24 heavy (non-hydrogen) atoms. The van der Waals surface area contributed by atoms with E-state index in [1.54, 1.807) is 6.08 Å². The lowest BCUT2D eigenvalue weighted by Gasteiger charge is -2.18. The molecule has 0 unspecified atom stereocenters. The van der Waals surface area contributed by atoms with Crippen LogP contribution in [0, 0.1) is 0 Å². The Morgan fingerprint density at radius 3 is 2.58 bits per heavy atom. The molecule has 2 N–H and O–H groups in total. The van der Waals surface area contributed by atoms with Gasteiger partial charge in [0, 0.05) is 24.0 Å². The van der Waals surface area contributed by atoms with Crippen LogP contribution in [0.25, 0.3) is 6.08 Å². The van der Waals surface area contributed by atoms with Crippen LogP contribution in [0.3, 0.4) is 0 Å². The monoisotopic (exact) mass is 320 g/mol. The summed E-state index contributed by atoms with van der Waals surface area (Å²) in [6.45, 7) is 7.55. The molecule has 1 amide bonds. The summed E-state index contributed by atoms with van der Waals surface area (Å²) in [5.74, 6) is -0.110. The topological polar surface area (TPSA) is 41.1 Å². The number of carbonyl (C=O) groups excluding carboxylic acids is 1. The van der Waals surface area contributed by atoms with E-state index in [9.17, 15) is 4.79 Å². The van der Waals surface area contributed by atoms with Gasteiger partial charge in [-0.2, -0.15) is 0 Å². The summed E-state index contributed by atoms with van der Waals surface area (Å²) in [7, 11) is 0. The van der Waals surface area contributed by atoms with Crippen LogP contribution in [0.5, 0.6) is 0 Å². The van der Waals surface area contributed by atoms with Gasteiger partial charge in [0.1, 0.15) is 0 Å². The second kappa shape index (κ2) is 6.52. The zero-order valence-corrected chi connectivity index (χ0v) is 14.5. The number of rotatable bonds is 3. The van der Waals surface area contributed by atoms with Crippen molar-refractivity contribution < 1.29 is 4.79 Å². The van der Waals surface area contributed by atoms with Crippen molar-refractivity contribution in [2.24, 2.45) is 0 Å². The Morgan fingerprint density at radius 2 is 1.88 bits per heavy atom. The third-order valence-electron chi connectivity index (χ3n) is 4.29. The van der Waals surface area contributed by atoms with Crippen molar-refractivity contribution in [1.29, 1.82) is 0 Å². The Bertz CT molecular complexity index is 767. The number of nitrogens with one attached hydrogen (secondary N) is 2. The Kier molecular flexibility index (Phi) is 4.43. The van der Waals surface area contributed by atoms with Crippen LogP contribution in [0.4, 0.5) is 11.4 Å². The smallest absolute Gasteiger partial charge is 0.248 e. The minimum Gasteiger partial charge on any atom is -0.384 e. The van der Waals surface area contributed by atoms with Gasteiger partial charge in [-0.25, -0.2) is 0 Å². The second-order valence-corrected chi connectivity index (χ2v) is 7.24. The fraction of sp³-hybridized carbons (Fsp3) is 0.286. The van der Waals surface area contributed by atoms with Crippen molar-refractivity contribution in [3.05, 3.63) is 65.2 Å². The van der Waals surface area contributed by atoms with E-state index in [2.05, 4.69) is 43.5 Å². The van der Waals surface area contributed by atoms with Gasteiger partial charge in [0.05, 0.1) is 0 Å². The molecule has 0 saturated carbocycles. The van der Waals surface area contributed by atoms with Gasteiger partial charge in [-0.3, -0.25) is 4.79 Å². The summed E-state index contributed by atoms with van der Waals surface area (Å²) in [5.41, 5.74) is 5.72. The molecule has 1 heterocycles. The number of amides is 1. The Labute approximate surface area is 143 Å². The molecule has 3 nitrogen and oxygen atoms in total. The van der Waals surface area contributed by atoms with Crippen LogP contribution in [-0.4, -0.2) is 12.5 Å². The van der Waals surface area contributed by atoms with E-state index in [0.29, 0.717) is 0 Å². The van der Waals surface area contributed by atoms with Gasteiger partial charge in [0.15, 0.2) is 0 Å². The first-order chi connectivity index (χ1) is 11.4. The second-order valence-electron chi connectivity index (χ2n) is 7.24. The van der Waals surface area contributed by atoms with Crippen LogP contribution in [0.15, 0.2) is 48.5 Å². The lowest BCUT2D eigenvalue weighted by molar-refractivity contribution is -0.111. The van der Waals surface area contributed by atoms with Crippen molar-refractivity contribution in [1.82, 2.24) is 0 Å². The summed E-state index contributed by atoms with van der Waals surface area (Å²) in [6, 6.07) is 14.3. The summed E-state index contributed by atoms with van der Waals surface area (Å²) in [6.07, 6.45) is 4.43. The van der Waals surface area contributed by atoms with Crippen LogP contribution < -0.4 is 10.6 Å². The number of hydrogen-bond acceptors (Lipinski definition) is 2. The highest BCUT2D eigenvalue weighted by Gasteiger charge is 2.12. The normalized spacial score (nSPS) is 13.6. The molecule has 0 radical (unpaired) electrons. The van der Waals surface area contributed by atoms with Crippen LogP contribution in [-0.2, 0) is 16.6 Å².